The monoisotopic (exact) mass is 331 g/mol. The van der Waals surface area contributed by atoms with Crippen molar-refractivity contribution in [2.45, 2.75) is 26.2 Å². The van der Waals surface area contributed by atoms with Crippen LogP contribution in [0.3, 0.4) is 0 Å². The number of urea groups is 1. The first-order valence-electron chi connectivity index (χ1n) is 9.19. The summed E-state index contributed by atoms with van der Waals surface area (Å²) >= 11 is 0. The molecule has 2 amide bonds. The minimum absolute atomic E-state index is 0.0303. The van der Waals surface area contributed by atoms with Crippen molar-refractivity contribution in [2.24, 2.45) is 5.92 Å². The molecular weight excluding hydrogens is 302 g/mol. The zero-order valence-electron chi connectivity index (χ0n) is 14.7. The summed E-state index contributed by atoms with van der Waals surface area (Å²) in [6, 6.07) is 8.24. The smallest absolute Gasteiger partial charge is 0.321 e. The SMILES string of the molecule is CCCc1ccc(NC(=O)N2CC[C@H](CN3CCOCC3)C2)cc1. The zero-order chi connectivity index (χ0) is 16.8. The standard InChI is InChI=1S/C19H29N3O2/c1-2-3-16-4-6-18(7-5-16)20-19(23)22-9-8-17(15-22)14-21-10-12-24-13-11-21/h4-7,17H,2-3,8-15H2,1H3,(H,20,23)/t17-/m1/s1. The summed E-state index contributed by atoms with van der Waals surface area (Å²) in [6.07, 6.45) is 3.33. The molecule has 2 heterocycles. The van der Waals surface area contributed by atoms with Crippen LogP contribution in [-0.2, 0) is 11.2 Å². The van der Waals surface area contributed by atoms with E-state index in [0.29, 0.717) is 5.92 Å². The van der Waals surface area contributed by atoms with Gasteiger partial charge in [-0.25, -0.2) is 4.79 Å². The van der Waals surface area contributed by atoms with Gasteiger partial charge in [0.15, 0.2) is 0 Å². The Morgan fingerprint density at radius 3 is 2.67 bits per heavy atom. The maximum atomic E-state index is 12.4. The molecular formula is C19H29N3O2. The van der Waals surface area contributed by atoms with E-state index in [0.717, 1.165) is 70.9 Å². The maximum absolute atomic E-state index is 12.4. The molecule has 0 unspecified atom stereocenters. The summed E-state index contributed by atoms with van der Waals surface area (Å²) < 4.78 is 5.40. The van der Waals surface area contributed by atoms with Crippen molar-refractivity contribution in [2.75, 3.05) is 51.3 Å². The highest BCUT2D eigenvalue weighted by Crippen LogP contribution is 2.20. The second-order valence-corrected chi connectivity index (χ2v) is 6.89. The first kappa shape index (κ1) is 17.2. The van der Waals surface area contributed by atoms with Gasteiger partial charge in [-0.1, -0.05) is 25.5 Å². The van der Waals surface area contributed by atoms with E-state index < -0.39 is 0 Å². The van der Waals surface area contributed by atoms with Crippen LogP contribution in [0.2, 0.25) is 0 Å². The molecule has 1 atom stereocenters. The molecule has 0 saturated carbocycles. The predicted molar refractivity (Wildman–Crippen MR) is 96.4 cm³/mol. The van der Waals surface area contributed by atoms with Gasteiger partial charge in [-0.3, -0.25) is 4.90 Å². The molecule has 24 heavy (non-hydrogen) atoms. The number of morpholine rings is 1. The summed E-state index contributed by atoms with van der Waals surface area (Å²) in [7, 11) is 0. The van der Waals surface area contributed by atoms with Crippen molar-refractivity contribution in [3.8, 4) is 0 Å². The molecule has 5 nitrogen and oxygen atoms in total. The quantitative estimate of drug-likeness (QED) is 0.902. The Hall–Kier alpha value is -1.59. The van der Waals surface area contributed by atoms with Gasteiger partial charge in [0.2, 0.25) is 0 Å². The van der Waals surface area contributed by atoms with Gasteiger partial charge >= 0.3 is 6.03 Å². The Balaban J connectivity index is 1.45. The van der Waals surface area contributed by atoms with Gasteiger partial charge in [0.25, 0.3) is 0 Å². The minimum Gasteiger partial charge on any atom is -0.379 e. The number of rotatable bonds is 5. The molecule has 1 aromatic carbocycles. The van der Waals surface area contributed by atoms with Gasteiger partial charge in [0, 0.05) is 38.4 Å². The van der Waals surface area contributed by atoms with E-state index in [1.807, 2.05) is 17.0 Å². The summed E-state index contributed by atoms with van der Waals surface area (Å²) in [5, 5.41) is 3.03. The third kappa shape index (κ3) is 4.71. The second-order valence-electron chi connectivity index (χ2n) is 6.89. The topological polar surface area (TPSA) is 44.8 Å². The normalized spacial score (nSPS) is 21.9. The molecule has 0 radical (unpaired) electrons. The Morgan fingerprint density at radius 2 is 1.96 bits per heavy atom. The average molecular weight is 331 g/mol. The molecule has 2 aliphatic heterocycles. The molecule has 0 aliphatic carbocycles. The number of nitrogens with one attached hydrogen (secondary N) is 1. The molecule has 1 aromatic rings. The zero-order valence-corrected chi connectivity index (χ0v) is 14.7. The lowest BCUT2D eigenvalue weighted by molar-refractivity contribution is 0.0314. The van der Waals surface area contributed by atoms with E-state index >= 15 is 0 Å². The fourth-order valence-electron chi connectivity index (χ4n) is 3.56. The molecule has 0 aromatic heterocycles. The van der Waals surface area contributed by atoms with Gasteiger partial charge in [-0.15, -0.1) is 0 Å². The summed E-state index contributed by atoms with van der Waals surface area (Å²) in [5.74, 6) is 0.584. The molecule has 0 bridgehead atoms. The number of hydrogen-bond donors (Lipinski definition) is 1. The third-order valence-corrected chi connectivity index (χ3v) is 4.94. The highest BCUT2D eigenvalue weighted by Gasteiger charge is 2.28. The first-order valence-corrected chi connectivity index (χ1v) is 9.19. The van der Waals surface area contributed by atoms with E-state index in [1.54, 1.807) is 0 Å². The number of benzene rings is 1. The number of amides is 2. The number of aryl methyl sites for hydroxylation is 1. The van der Waals surface area contributed by atoms with Gasteiger partial charge in [0.1, 0.15) is 0 Å². The van der Waals surface area contributed by atoms with Crippen LogP contribution >= 0.6 is 0 Å². The van der Waals surface area contributed by atoms with Crippen molar-refractivity contribution < 1.29 is 9.53 Å². The van der Waals surface area contributed by atoms with Crippen LogP contribution in [0.15, 0.2) is 24.3 Å². The van der Waals surface area contributed by atoms with Crippen molar-refractivity contribution >= 4 is 11.7 Å². The Labute approximate surface area is 145 Å². The molecule has 3 rings (SSSR count). The van der Waals surface area contributed by atoms with E-state index in [2.05, 4.69) is 29.3 Å². The first-order chi connectivity index (χ1) is 11.7. The van der Waals surface area contributed by atoms with Crippen molar-refractivity contribution in [3.63, 3.8) is 0 Å². The van der Waals surface area contributed by atoms with Gasteiger partial charge in [-0.2, -0.15) is 0 Å². The fraction of sp³-hybridized carbons (Fsp3) is 0.632. The third-order valence-electron chi connectivity index (χ3n) is 4.94. The number of nitrogens with zero attached hydrogens (tertiary/aromatic N) is 2. The molecule has 2 aliphatic rings. The van der Waals surface area contributed by atoms with Crippen molar-refractivity contribution in [1.82, 2.24) is 9.80 Å². The average Bonchev–Trinajstić information content (AvgIpc) is 3.06. The summed E-state index contributed by atoms with van der Waals surface area (Å²) in [4.78, 5) is 16.9. The lowest BCUT2D eigenvalue weighted by Crippen LogP contribution is -2.40. The number of ether oxygens (including phenoxy) is 1. The highest BCUT2D eigenvalue weighted by atomic mass is 16.5. The van der Waals surface area contributed by atoms with Crippen LogP contribution < -0.4 is 5.32 Å². The molecule has 2 fully saturated rings. The van der Waals surface area contributed by atoms with Crippen LogP contribution in [0.1, 0.15) is 25.3 Å². The lowest BCUT2D eigenvalue weighted by atomic mass is 10.1. The maximum Gasteiger partial charge on any atom is 0.321 e. The van der Waals surface area contributed by atoms with E-state index in [9.17, 15) is 4.79 Å². The number of carbonyl (C=O) groups excluding carboxylic acids is 1. The van der Waals surface area contributed by atoms with E-state index in [-0.39, 0.29) is 6.03 Å². The van der Waals surface area contributed by atoms with Crippen LogP contribution in [-0.4, -0.2) is 61.8 Å². The minimum atomic E-state index is 0.0303. The van der Waals surface area contributed by atoms with E-state index in [4.69, 9.17) is 4.74 Å². The molecule has 132 valence electrons. The molecule has 1 N–H and O–H groups in total. The molecule has 5 heteroatoms. The largest absolute Gasteiger partial charge is 0.379 e. The number of anilines is 1. The van der Waals surface area contributed by atoms with E-state index in [1.165, 1.54) is 5.56 Å². The van der Waals surface area contributed by atoms with Gasteiger partial charge in [-0.05, 0) is 36.5 Å². The second kappa shape index (κ2) is 8.49. The Bertz CT molecular complexity index is 526. The van der Waals surface area contributed by atoms with Crippen LogP contribution in [0.5, 0.6) is 0 Å². The Morgan fingerprint density at radius 1 is 1.21 bits per heavy atom. The van der Waals surface area contributed by atoms with Crippen molar-refractivity contribution in [3.05, 3.63) is 29.8 Å². The summed E-state index contributed by atoms with van der Waals surface area (Å²) in [5.41, 5.74) is 2.21. The predicted octanol–water partition coefficient (Wildman–Crippen LogP) is 2.83. The van der Waals surface area contributed by atoms with Crippen molar-refractivity contribution in [1.29, 1.82) is 0 Å². The van der Waals surface area contributed by atoms with Crippen LogP contribution in [0, 0.1) is 5.92 Å². The summed E-state index contributed by atoms with van der Waals surface area (Å²) in [6.45, 7) is 8.69. The molecule has 0 spiro atoms. The van der Waals surface area contributed by atoms with Crippen LogP contribution in [0.4, 0.5) is 10.5 Å². The van der Waals surface area contributed by atoms with Gasteiger partial charge < -0.3 is 15.0 Å². The number of likely N-dealkylation sites (tertiary alicyclic amines) is 1. The van der Waals surface area contributed by atoms with Gasteiger partial charge in [0.05, 0.1) is 13.2 Å². The highest BCUT2D eigenvalue weighted by molar-refractivity contribution is 5.89. The molecule has 2 saturated heterocycles. The number of carbonyl (C=O) groups is 1. The number of hydrogen-bond acceptors (Lipinski definition) is 3. The Kier molecular flexibility index (Phi) is 6.10. The lowest BCUT2D eigenvalue weighted by Gasteiger charge is -2.29. The van der Waals surface area contributed by atoms with Crippen LogP contribution in [0.25, 0.3) is 0 Å². The fourth-order valence-corrected chi connectivity index (χ4v) is 3.56.